The summed E-state index contributed by atoms with van der Waals surface area (Å²) in [5, 5.41) is 18.2. The molecule has 3 aromatic rings. The number of hydrogen-bond donors (Lipinski definition) is 1. The molecule has 1 heterocycles. The lowest BCUT2D eigenvalue weighted by atomic mass is 10.2. The molecule has 0 radical (unpaired) electrons. The number of nitro groups is 1. The Balaban J connectivity index is 1.92. The summed E-state index contributed by atoms with van der Waals surface area (Å²) in [7, 11) is 0. The molecule has 0 aliphatic rings. The van der Waals surface area contributed by atoms with Crippen molar-refractivity contribution in [2.75, 3.05) is 11.6 Å². The average molecular weight is 386 g/mol. The molecule has 1 aromatic heterocycles. The van der Waals surface area contributed by atoms with Crippen LogP contribution in [-0.2, 0) is 0 Å². The smallest absolute Gasteiger partial charge is 0.283 e. The number of benzene rings is 2. The van der Waals surface area contributed by atoms with Crippen molar-refractivity contribution in [2.24, 2.45) is 0 Å². The Morgan fingerprint density at radius 3 is 2.56 bits per heavy atom. The van der Waals surface area contributed by atoms with E-state index in [0.717, 1.165) is 0 Å². The molecule has 138 valence electrons. The summed E-state index contributed by atoms with van der Waals surface area (Å²) in [5.74, 6) is -0.510. The number of nitrogens with zero attached hydrogens (tertiary/aromatic N) is 3. The first-order valence-electron chi connectivity index (χ1n) is 7.85. The number of halogens is 1. The number of rotatable bonds is 5. The zero-order valence-corrected chi connectivity index (χ0v) is 15.3. The molecule has 0 fully saturated rings. The van der Waals surface area contributed by atoms with Crippen molar-refractivity contribution in [1.29, 1.82) is 0 Å². The number of carbonyl (C=O) groups is 1. The summed E-state index contributed by atoms with van der Waals surface area (Å²) in [6.07, 6.45) is 1.73. The van der Waals surface area contributed by atoms with Gasteiger partial charge in [0.25, 0.3) is 11.6 Å². The minimum Gasteiger partial charge on any atom is -0.306 e. The number of hydrogen-bond acceptors (Lipinski definition) is 5. The molecule has 1 N–H and O–H groups in total. The van der Waals surface area contributed by atoms with Crippen LogP contribution in [0.25, 0.3) is 5.69 Å². The van der Waals surface area contributed by atoms with Crippen molar-refractivity contribution < 1.29 is 14.1 Å². The third-order valence-electron chi connectivity index (χ3n) is 3.78. The van der Waals surface area contributed by atoms with Crippen molar-refractivity contribution in [2.45, 2.75) is 11.8 Å². The van der Waals surface area contributed by atoms with E-state index in [-0.39, 0.29) is 17.1 Å². The minimum atomic E-state index is -0.518. The van der Waals surface area contributed by atoms with Crippen LogP contribution in [0.1, 0.15) is 16.1 Å². The Morgan fingerprint density at radius 2 is 1.93 bits per heavy atom. The summed E-state index contributed by atoms with van der Waals surface area (Å²) < 4.78 is 14.6. The van der Waals surface area contributed by atoms with E-state index < -0.39 is 10.8 Å². The topological polar surface area (TPSA) is 90.1 Å². The second-order valence-corrected chi connectivity index (χ2v) is 6.51. The lowest BCUT2D eigenvalue weighted by Crippen LogP contribution is -2.15. The molecule has 0 aliphatic carbocycles. The third-order valence-corrected chi connectivity index (χ3v) is 4.57. The van der Waals surface area contributed by atoms with E-state index >= 15 is 0 Å². The van der Waals surface area contributed by atoms with Crippen LogP contribution in [-0.4, -0.2) is 26.9 Å². The van der Waals surface area contributed by atoms with Gasteiger partial charge in [-0.3, -0.25) is 14.9 Å². The van der Waals surface area contributed by atoms with Crippen molar-refractivity contribution >= 4 is 29.2 Å². The summed E-state index contributed by atoms with van der Waals surface area (Å²) in [6.45, 7) is 1.76. The first-order chi connectivity index (χ1) is 12.9. The van der Waals surface area contributed by atoms with Crippen LogP contribution >= 0.6 is 11.8 Å². The molecular formula is C18H15FN4O3S. The summed E-state index contributed by atoms with van der Waals surface area (Å²) in [5.41, 5.74) is 1.25. The van der Waals surface area contributed by atoms with E-state index in [1.54, 1.807) is 25.3 Å². The van der Waals surface area contributed by atoms with Crippen LogP contribution in [0.4, 0.5) is 15.9 Å². The fraction of sp³-hybridized carbons (Fsp3) is 0.111. The molecule has 0 saturated heterocycles. The lowest BCUT2D eigenvalue weighted by molar-refractivity contribution is -0.387. The maximum Gasteiger partial charge on any atom is 0.283 e. The number of aryl methyl sites for hydroxylation is 1. The monoisotopic (exact) mass is 386 g/mol. The normalized spacial score (nSPS) is 10.6. The molecule has 0 saturated carbocycles. The standard InChI is InChI=1S/C18H15FN4O3S/c1-11-9-17(22(21-11)14-6-4-13(19)5-7-14)20-18(24)12-3-8-16(27-2)15(10-12)23(25)26/h3-10H,1-2H3,(H,20,24). The van der Waals surface area contributed by atoms with Gasteiger partial charge in [-0.15, -0.1) is 11.8 Å². The largest absolute Gasteiger partial charge is 0.306 e. The van der Waals surface area contributed by atoms with Crippen LogP contribution in [0.3, 0.4) is 0 Å². The summed E-state index contributed by atoms with van der Waals surface area (Å²) >= 11 is 1.23. The molecule has 0 bridgehead atoms. The molecule has 7 nitrogen and oxygen atoms in total. The maximum atomic E-state index is 13.1. The highest BCUT2D eigenvalue weighted by Crippen LogP contribution is 2.28. The Labute approximate surface area is 158 Å². The Morgan fingerprint density at radius 1 is 1.22 bits per heavy atom. The maximum absolute atomic E-state index is 13.1. The fourth-order valence-corrected chi connectivity index (χ4v) is 3.08. The number of aromatic nitrogens is 2. The van der Waals surface area contributed by atoms with Gasteiger partial charge in [0.05, 0.1) is 21.2 Å². The van der Waals surface area contributed by atoms with Gasteiger partial charge in [-0.2, -0.15) is 5.10 Å². The zero-order chi connectivity index (χ0) is 19.6. The van der Waals surface area contributed by atoms with Gasteiger partial charge in [0.2, 0.25) is 0 Å². The molecule has 1 amide bonds. The number of anilines is 1. The van der Waals surface area contributed by atoms with Gasteiger partial charge in [-0.1, -0.05) is 0 Å². The van der Waals surface area contributed by atoms with E-state index in [1.807, 2.05) is 0 Å². The predicted octanol–water partition coefficient (Wildman–Crippen LogP) is 4.20. The number of nitrogens with one attached hydrogen (secondary N) is 1. The van der Waals surface area contributed by atoms with Crippen molar-refractivity contribution in [3.05, 3.63) is 75.7 Å². The first-order valence-corrected chi connectivity index (χ1v) is 9.08. The second kappa shape index (κ2) is 7.58. The van der Waals surface area contributed by atoms with E-state index in [1.165, 1.54) is 52.8 Å². The molecule has 9 heteroatoms. The zero-order valence-electron chi connectivity index (χ0n) is 14.5. The van der Waals surface area contributed by atoms with E-state index in [2.05, 4.69) is 10.4 Å². The van der Waals surface area contributed by atoms with Gasteiger partial charge in [0, 0.05) is 17.7 Å². The second-order valence-electron chi connectivity index (χ2n) is 5.66. The van der Waals surface area contributed by atoms with Crippen LogP contribution in [0, 0.1) is 22.9 Å². The van der Waals surface area contributed by atoms with Crippen LogP contribution in [0.15, 0.2) is 53.4 Å². The molecule has 3 rings (SSSR count). The predicted molar refractivity (Wildman–Crippen MR) is 101 cm³/mol. The molecular weight excluding hydrogens is 371 g/mol. The van der Waals surface area contributed by atoms with Gasteiger partial charge >= 0.3 is 0 Å². The van der Waals surface area contributed by atoms with Crippen molar-refractivity contribution in [3.8, 4) is 5.69 Å². The Bertz CT molecular complexity index is 1020. The number of thioether (sulfide) groups is 1. The van der Waals surface area contributed by atoms with Crippen LogP contribution < -0.4 is 5.32 Å². The van der Waals surface area contributed by atoms with Crippen molar-refractivity contribution in [1.82, 2.24) is 9.78 Å². The van der Waals surface area contributed by atoms with Gasteiger partial charge in [0.1, 0.15) is 11.6 Å². The molecule has 0 atom stereocenters. The first kappa shape index (κ1) is 18.6. The highest BCUT2D eigenvalue weighted by Gasteiger charge is 2.18. The highest BCUT2D eigenvalue weighted by atomic mass is 32.2. The molecule has 0 aliphatic heterocycles. The van der Waals surface area contributed by atoms with Gasteiger partial charge in [0.15, 0.2) is 0 Å². The Kier molecular flexibility index (Phi) is 5.22. The summed E-state index contributed by atoms with van der Waals surface area (Å²) in [6, 6.07) is 11.6. The number of nitro benzene ring substituents is 1. The van der Waals surface area contributed by atoms with Crippen LogP contribution in [0.5, 0.6) is 0 Å². The summed E-state index contributed by atoms with van der Waals surface area (Å²) in [4.78, 5) is 23.8. The lowest BCUT2D eigenvalue weighted by Gasteiger charge is -2.09. The van der Waals surface area contributed by atoms with Gasteiger partial charge < -0.3 is 5.32 Å². The van der Waals surface area contributed by atoms with Gasteiger partial charge in [-0.05, 0) is 49.6 Å². The third kappa shape index (κ3) is 3.98. The molecule has 2 aromatic carbocycles. The van der Waals surface area contributed by atoms with Crippen LogP contribution in [0.2, 0.25) is 0 Å². The Hall–Kier alpha value is -3.20. The molecule has 27 heavy (non-hydrogen) atoms. The highest BCUT2D eigenvalue weighted by molar-refractivity contribution is 7.98. The van der Waals surface area contributed by atoms with E-state index in [9.17, 15) is 19.3 Å². The molecule has 0 unspecified atom stereocenters. The van der Waals surface area contributed by atoms with Gasteiger partial charge in [-0.25, -0.2) is 9.07 Å². The number of amides is 1. The fourth-order valence-electron chi connectivity index (χ4n) is 2.53. The SMILES string of the molecule is CSc1ccc(C(=O)Nc2cc(C)nn2-c2ccc(F)cc2)cc1[N+](=O)[O-]. The quantitative estimate of drug-likeness (QED) is 0.403. The van der Waals surface area contributed by atoms with Crippen molar-refractivity contribution in [3.63, 3.8) is 0 Å². The molecule has 0 spiro atoms. The van der Waals surface area contributed by atoms with E-state index in [0.29, 0.717) is 22.1 Å². The minimum absolute atomic E-state index is 0.127. The number of carbonyl (C=O) groups excluding carboxylic acids is 1. The van der Waals surface area contributed by atoms with E-state index in [4.69, 9.17) is 0 Å². The average Bonchev–Trinajstić information content (AvgIpc) is 3.01.